The van der Waals surface area contributed by atoms with Gasteiger partial charge in [-0.15, -0.1) is 0 Å². The Morgan fingerprint density at radius 1 is 1.09 bits per heavy atom. The number of H-pyrrole nitrogens is 1. The normalized spacial score (nSPS) is 22.5. The highest BCUT2D eigenvalue weighted by atomic mass is 31.2. The van der Waals surface area contributed by atoms with Crippen LogP contribution in [0.3, 0.4) is 0 Å². The number of phosphoric acid groups is 1. The Morgan fingerprint density at radius 2 is 1.76 bits per heavy atom. The molecule has 13 nitrogen and oxygen atoms in total. The molecular weight excluding hydrogens is 490 g/mol. The fourth-order valence-electron chi connectivity index (χ4n) is 2.83. The number of aromatic amines is 1. The molecule has 0 spiro atoms. The molecule has 1 aromatic carbocycles. The van der Waals surface area contributed by atoms with Crippen molar-refractivity contribution in [1.82, 2.24) is 19.9 Å². The van der Waals surface area contributed by atoms with Gasteiger partial charge in [0.1, 0.15) is 30.2 Å². The molecule has 1 saturated heterocycles. The lowest BCUT2D eigenvalue weighted by atomic mass is 10.1. The summed E-state index contributed by atoms with van der Waals surface area (Å²) in [6, 6.07) is 1.85. The van der Waals surface area contributed by atoms with Crippen LogP contribution in [-0.2, 0) is 20.4 Å². The standard InChI is InChI=1S/C12H8F3N5.C5H11O8P/c13-7-1-6(2-8(14)9(7)15)3-16-11-10-12(18-4-17-10)20-5-19-11;6-3-2(1-12-14(9,10)11)13-5(8)4(3)7/h1-2,4-5H,3H2,(H2,16,17,18,19,20);2-8H,1H2,(H2,9,10,11)/t;2-,3-,4-,5?/m.1/s1. The maximum absolute atomic E-state index is 13.1. The van der Waals surface area contributed by atoms with Crippen molar-refractivity contribution in [2.45, 2.75) is 31.1 Å². The molecule has 0 saturated carbocycles. The van der Waals surface area contributed by atoms with Gasteiger partial charge in [-0.3, -0.25) is 4.52 Å². The van der Waals surface area contributed by atoms with E-state index in [-0.39, 0.29) is 12.1 Å². The Kier molecular flexibility index (Phi) is 8.17. The smallest absolute Gasteiger partial charge is 0.387 e. The van der Waals surface area contributed by atoms with Crippen molar-refractivity contribution >= 4 is 24.8 Å². The molecule has 1 aliphatic rings. The number of ether oxygens (including phenoxy) is 1. The highest BCUT2D eigenvalue weighted by Crippen LogP contribution is 2.37. The van der Waals surface area contributed by atoms with Crippen molar-refractivity contribution in [3.8, 4) is 0 Å². The number of aliphatic hydroxyl groups excluding tert-OH is 3. The lowest BCUT2D eigenvalue weighted by molar-refractivity contribution is -0.132. The van der Waals surface area contributed by atoms with Crippen LogP contribution < -0.4 is 5.32 Å². The van der Waals surface area contributed by atoms with Gasteiger partial charge in [0.2, 0.25) is 0 Å². The Hall–Kier alpha value is -2.69. The summed E-state index contributed by atoms with van der Waals surface area (Å²) >= 11 is 0. The molecular formula is C17H19F3N5O8P. The van der Waals surface area contributed by atoms with Gasteiger partial charge in [-0.25, -0.2) is 32.7 Å². The van der Waals surface area contributed by atoms with Crippen molar-refractivity contribution in [3.05, 3.63) is 47.8 Å². The zero-order valence-electron chi connectivity index (χ0n) is 16.9. The van der Waals surface area contributed by atoms with Crippen LogP contribution in [0.1, 0.15) is 5.56 Å². The number of hydrogen-bond donors (Lipinski definition) is 7. The molecule has 34 heavy (non-hydrogen) atoms. The van der Waals surface area contributed by atoms with E-state index in [4.69, 9.17) is 25.1 Å². The van der Waals surface area contributed by atoms with Crippen molar-refractivity contribution < 1.29 is 52.1 Å². The molecule has 1 unspecified atom stereocenters. The van der Waals surface area contributed by atoms with Gasteiger partial charge in [-0.05, 0) is 17.7 Å². The minimum absolute atomic E-state index is 0.0826. The first-order chi connectivity index (χ1) is 16.0. The largest absolute Gasteiger partial charge is 0.469 e. The molecule has 0 aliphatic carbocycles. The first-order valence-corrected chi connectivity index (χ1v) is 10.9. The molecule has 1 fully saturated rings. The summed E-state index contributed by atoms with van der Waals surface area (Å²) in [7, 11) is -4.64. The second-order valence-electron chi connectivity index (χ2n) is 6.88. The average molecular weight is 509 g/mol. The molecule has 2 aromatic heterocycles. The molecule has 3 heterocycles. The van der Waals surface area contributed by atoms with Crippen molar-refractivity contribution in [2.75, 3.05) is 11.9 Å². The van der Waals surface area contributed by atoms with Crippen LogP contribution in [0.2, 0.25) is 0 Å². The fourth-order valence-corrected chi connectivity index (χ4v) is 3.17. The summed E-state index contributed by atoms with van der Waals surface area (Å²) in [6.45, 7) is -0.529. The lowest BCUT2D eigenvalue weighted by Crippen LogP contribution is -2.34. The summed E-state index contributed by atoms with van der Waals surface area (Å²) < 4.78 is 57.9. The average Bonchev–Trinajstić information content (AvgIpc) is 3.35. The molecule has 3 aromatic rings. The number of rotatable bonds is 6. The van der Waals surface area contributed by atoms with Gasteiger partial charge in [-0.2, -0.15) is 0 Å². The quantitative estimate of drug-likeness (QED) is 0.172. The molecule has 0 bridgehead atoms. The monoisotopic (exact) mass is 509 g/mol. The van der Waals surface area contributed by atoms with E-state index in [2.05, 4.69) is 34.5 Å². The number of aliphatic hydroxyl groups is 3. The molecule has 17 heteroatoms. The first kappa shape index (κ1) is 25.9. The van der Waals surface area contributed by atoms with Gasteiger partial charge in [0, 0.05) is 6.54 Å². The Morgan fingerprint density at radius 3 is 2.35 bits per heavy atom. The number of fused-ring (bicyclic) bond motifs is 1. The van der Waals surface area contributed by atoms with Gasteiger partial charge in [0.15, 0.2) is 35.2 Å². The van der Waals surface area contributed by atoms with Crippen molar-refractivity contribution in [1.29, 1.82) is 0 Å². The van der Waals surface area contributed by atoms with Crippen LogP contribution in [0.4, 0.5) is 19.0 Å². The second-order valence-corrected chi connectivity index (χ2v) is 8.12. The van der Waals surface area contributed by atoms with Crippen LogP contribution >= 0.6 is 7.82 Å². The van der Waals surface area contributed by atoms with Gasteiger partial charge in [0.25, 0.3) is 0 Å². The number of imidazole rings is 1. The second kappa shape index (κ2) is 10.7. The van der Waals surface area contributed by atoms with E-state index in [0.717, 1.165) is 12.1 Å². The highest BCUT2D eigenvalue weighted by molar-refractivity contribution is 7.46. The van der Waals surface area contributed by atoms with Gasteiger partial charge in [-0.1, -0.05) is 0 Å². The number of hydrogen-bond acceptors (Lipinski definition) is 10. The van der Waals surface area contributed by atoms with Gasteiger partial charge in [0.05, 0.1) is 12.9 Å². The van der Waals surface area contributed by atoms with Crippen molar-refractivity contribution in [2.24, 2.45) is 0 Å². The minimum Gasteiger partial charge on any atom is -0.387 e. The van der Waals surface area contributed by atoms with Gasteiger partial charge >= 0.3 is 7.82 Å². The number of aromatic nitrogens is 4. The van der Waals surface area contributed by atoms with E-state index in [1.54, 1.807) is 0 Å². The number of anilines is 1. The topological polar surface area (TPSA) is 203 Å². The number of nitrogens with zero attached hydrogens (tertiary/aromatic N) is 3. The molecule has 4 rings (SSSR count). The van der Waals surface area contributed by atoms with Crippen LogP contribution in [0, 0.1) is 17.5 Å². The number of nitrogens with one attached hydrogen (secondary N) is 2. The minimum atomic E-state index is -4.64. The summed E-state index contributed by atoms with van der Waals surface area (Å²) in [5.41, 5.74) is 1.31. The molecule has 4 atom stereocenters. The molecule has 186 valence electrons. The van der Waals surface area contributed by atoms with E-state index >= 15 is 0 Å². The van der Waals surface area contributed by atoms with E-state index in [1.807, 2.05) is 0 Å². The van der Waals surface area contributed by atoms with Crippen LogP contribution in [0.5, 0.6) is 0 Å². The maximum Gasteiger partial charge on any atom is 0.469 e. The summed E-state index contributed by atoms with van der Waals surface area (Å²) in [4.78, 5) is 31.4. The number of phosphoric ester groups is 1. The van der Waals surface area contributed by atoms with Crippen LogP contribution in [0.25, 0.3) is 11.2 Å². The van der Waals surface area contributed by atoms with E-state index in [0.29, 0.717) is 17.0 Å². The third kappa shape index (κ3) is 6.46. The van der Waals surface area contributed by atoms with Gasteiger partial charge < -0.3 is 40.1 Å². The Balaban J connectivity index is 0.000000204. The predicted octanol–water partition coefficient (Wildman–Crippen LogP) is -0.0830. The van der Waals surface area contributed by atoms with Crippen molar-refractivity contribution in [3.63, 3.8) is 0 Å². The van der Waals surface area contributed by atoms with E-state index in [1.165, 1.54) is 12.7 Å². The summed E-state index contributed by atoms with van der Waals surface area (Å²) in [6.07, 6.45) is -2.89. The number of halogens is 3. The SMILES string of the molecule is Fc1cc(CNc2ncnc3nc[nH]c23)cc(F)c1F.O=P(O)(O)OC[C@H]1OC(O)[C@H](O)[C@@H]1O. The third-order valence-corrected chi connectivity index (χ3v) is 4.96. The maximum atomic E-state index is 13.1. The van der Waals surface area contributed by atoms with E-state index < -0.39 is 56.5 Å². The summed E-state index contributed by atoms with van der Waals surface area (Å²) in [5, 5.41) is 29.9. The molecule has 0 radical (unpaired) electrons. The third-order valence-electron chi connectivity index (χ3n) is 4.47. The van der Waals surface area contributed by atoms with Crippen LogP contribution in [-0.4, -0.2) is 76.3 Å². The molecule has 7 N–H and O–H groups in total. The molecule has 1 aliphatic heterocycles. The Bertz CT molecular complexity index is 1160. The summed E-state index contributed by atoms with van der Waals surface area (Å²) in [5.74, 6) is -3.49. The predicted molar refractivity (Wildman–Crippen MR) is 106 cm³/mol. The highest BCUT2D eigenvalue weighted by Gasteiger charge is 2.42. The van der Waals surface area contributed by atoms with E-state index in [9.17, 15) is 17.7 Å². The zero-order chi connectivity index (χ0) is 25.0. The Labute approximate surface area is 188 Å². The number of benzene rings is 1. The zero-order valence-corrected chi connectivity index (χ0v) is 17.8. The first-order valence-electron chi connectivity index (χ1n) is 9.37. The fraction of sp³-hybridized carbons (Fsp3) is 0.353. The lowest BCUT2D eigenvalue weighted by Gasteiger charge is -2.14. The van der Waals surface area contributed by atoms with Crippen LogP contribution in [0.15, 0.2) is 24.8 Å². The molecule has 0 amide bonds.